The van der Waals surface area contributed by atoms with Crippen molar-refractivity contribution in [1.29, 1.82) is 0 Å². The molecule has 5 nitrogen and oxygen atoms in total. The van der Waals surface area contributed by atoms with Crippen molar-refractivity contribution in [2.75, 3.05) is 11.4 Å². The predicted octanol–water partition coefficient (Wildman–Crippen LogP) is 2.14. The second kappa shape index (κ2) is 5.61. The van der Waals surface area contributed by atoms with Gasteiger partial charge in [-0.2, -0.15) is 0 Å². The van der Waals surface area contributed by atoms with Gasteiger partial charge in [0, 0.05) is 12.2 Å². The quantitative estimate of drug-likeness (QED) is 0.515. The Labute approximate surface area is 123 Å². The van der Waals surface area contributed by atoms with Crippen molar-refractivity contribution in [2.24, 2.45) is 5.84 Å². The molecule has 0 unspecified atom stereocenters. The van der Waals surface area contributed by atoms with Crippen LogP contribution in [0.5, 0.6) is 0 Å². The van der Waals surface area contributed by atoms with Gasteiger partial charge in [-0.3, -0.25) is 10.2 Å². The fourth-order valence-corrected chi connectivity index (χ4v) is 2.89. The highest BCUT2D eigenvalue weighted by atomic mass is 16.3. The number of nitrogen functional groups attached to an aromatic ring is 1. The third-order valence-corrected chi connectivity index (χ3v) is 3.90. The first kappa shape index (κ1) is 13.7. The molecule has 0 saturated heterocycles. The summed E-state index contributed by atoms with van der Waals surface area (Å²) in [5.74, 6) is 6.24. The molecule has 0 atom stereocenters. The summed E-state index contributed by atoms with van der Waals surface area (Å²) in [6.07, 6.45) is 2.25. The smallest absolute Gasteiger partial charge is 0.268 e. The van der Waals surface area contributed by atoms with Crippen LogP contribution in [0.2, 0.25) is 0 Å². The number of carbonyl (C=O) groups is 1. The lowest BCUT2D eigenvalue weighted by atomic mass is 10.0. The van der Waals surface area contributed by atoms with Crippen LogP contribution < -0.4 is 16.2 Å². The number of nitrogens with one attached hydrogen (secondary N) is 1. The minimum atomic E-state index is -0.318. The lowest BCUT2D eigenvalue weighted by Gasteiger charge is -2.30. The van der Waals surface area contributed by atoms with Crippen LogP contribution in [0.3, 0.4) is 0 Å². The number of para-hydroxylation sites is 1. The molecule has 1 aliphatic heterocycles. The number of benzene rings is 1. The van der Waals surface area contributed by atoms with Crippen molar-refractivity contribution in [3.8, 4) is 0 Å². The zero-order chi connectivity index (χ0) is 14.8. The highest BCUT2D eigenvalue weighted by Gasteiger charge is 2.20. The maximum Gasteiger partial charge on any atom is 0.268 e. The lowest BCUT2D eigenvalue weighted by Crippen LogP contribution is -2.30. The summed E-state index contributed by atoms with van der Waals surface area (Å²) in [7, 11) is 0. The third-order valence-electron chi connectivity index (χ3n) is 3.90. The average Bonchev–Trinajstić information content (AvgIpc) is 2.87. The molecule has 0 radical (unpaired) electrons. The van der Waals surface area contributed by atoms with Crippen molar-refractivity contribution in [1.82, 2.24) is 5.43 Å². The van der Waals surface area contributed by atoms with Gasteiger partial charge in [0.05, 0.1) is 12.1 Å². The van der Waals surface area contributed by atoms with Gasteiger partial charge in [0.25, 0.3) is 5.91 Å². The zero-order valence-corrected chi connectivity index (χ0v) is 12.1. The fraction of sp³-hybridized carbons (Fsp3) is 0.312. The van der Waals surface area contributed by atoms with Crippen molar-refractivity contribution in [3.63, 3.8) is 0 Å². The minimum Gasteiger partial charge on any atom is -0.464 e. The van der Waals surface area contributed by atoms with Crippen LogP contribution in [0.1, 0.15) is 33.9 Å². The van der Waals surface area contributed by atoms with Crippen LogP contribution in [0, 0.1) is 6.92 Å². The SMILES string of the molecule is Cc1oc(CN2CCCc3ccccc32)cc1C(=O)NN. The normalized spacial score (nSPS) is 13.9. The summed E-state index contributed by atoms with van der Waals surface area (Å²) in [5.41, 5.74) is 5.26. The molecule has 1 aliphatic rings. The summed E-state index contributed by atoms with van der Waals surface area (Å²) in [6.45, 7) is 3.43. The molecular formula is C16H19N3O2. The molecular weight excluding hydrogens is 266 g/mol. The molecule has 1 amide bonds. The van der Waals surface area contributed by atoms with Crippen molar-refractivity contribution >= 4 is 11.6 Å². The van der Waals surface area contributed by atoms with Crippen LogP contribution in [0.4, 0.5) is 5.69 Å². The number of aryl methyl sites for hydroxylation is 2. The van der Waals surface area contributed by atoms with Gasteiger partial charge < -0.3 is 9.32 Å². The van der Waals surface area contributed by atoms with Crippen LogP contribution in [-0.2, 0) is 13.0 Å². The second-order valence-corrected chi connectivity index (χ2v) is 5.31. The first-order valence-electron chi connectivity index (χ1n) is 7.12. The Morgan fingerprint density at radius 2 is 2.24 bits per heavy atom. The molecule has 0 aliphatic carbocycles. The molecule has 1 aromatic carbocycles. The molecule has 5 heteroatoms. The molecule has 3 rings (SSSR count). The molecule has 110 valence electrons. The number of anilines is 1. The monoisotopic (exact) mass is 285 g/mol. The Bertz CT molecular complexity index is 663. The Morgan fingerprint density at radius 1 is 1.43 bits per heavy atom. The fourth-order valence-electron chi connectivity index (χ4n) is 2.89. The third kappa shape index (κ3) is 2.64. The molecule has 1 aromatic heterocycles. The lowest BCUT2D eigenvalue weighted by molar-refractivity contribution is 0.0952. The van der Waals surface area contributed by atoms with E-state index >= 15 is 0 Å². The van der Waals surface area contributed by atoms with E-state index in [0.29, 0.717) is 17.9 Å². The molecule has 0 spiro atoms. The van der Waals surface area contributed by atoms with Crippen molar-refractivity contribution in [2.45, 2.75) is 26.3 Å². The summed E-state index contributed by atoms with van der Waals surface area (Å²) in [5, 5.41) is 0. The van der Waals surface area contributed by atoms with Crippen LogP contribution >= 0.6 is 0 Å². The molecule has 0 bridgehead atoms. The van der Waals surface area contributed by atoms with Crippen molar-refractivity contribution < 1.29 is 9.21 Å². The highest BCUT2D eigenvalue weighted by molar-refractivity contribution is 5.94. The summed E-state index contributed by atoms with van der Waals surface area (Å²) in [6, 6.07) is 10.2. The number of hydrazine groups is 1. The van der Waals surface area contributed by atoms with Crippen LogP contribution in [-0.4, -0.2) is 12.5 Å². The van der Waals surface area contributed by atoms with Gasteiger partial charge in [-0.05, 0) is 37.5 Å². The number of hydrogen-bond acceptors (Lipinski definition) is 4. The van der Waals surface area contributed by atoms with Gasteiger partial charge in [-0.1, -0.05) is 18.2 Å². The van der Waals surface area contributed by atoms with E-state index in [2.05, 4.69) is 34.6 Å². The van der Waals surface area contributed by atoms with E-state index in [-0.39, 0.29) is 5.91 Å². The number of furan rings is 1. The van der Waals surface area contributed by atoms with Crippen LogP contribution in [0.15, 0.2) is 34.7 Å². The maximum absolute atomic E-state index is 11.6. The number of nitrogens with zero attached hydrogens (tertiary/aromatic N) is 1. The number of carbonyl (C=O) groups excluding carboxylic acids is 1. The molecule has 21 heavy (non-hydrogen) atoms. The van der Waals surface area contributed by atoms with E-state index in [1.807, 2.05) is 0 Å². The number of nitrogens with two attached hydrogens (primary N) is 1. The Morgan fingerprint density at radius 3 is 3.05 bits per heavy atom. The van der Waals surface area contributed by atoms with Crippen LogP contribution in [0.25, 0.3) is 0 Å². The van der Waals surface area contributed by atoms with Gasteiger partial charge in [-0.25, -0.2) is 5.84 Å². The Hall–Kier alpha value is -2.27. The summed E-state index contributed by atoms with van der Waals surface area (Å²) < 4.78 is 5.70. The number of amides is 1. The standard InChI is InChI=1S/C16H19N3O2/c1-11-14(16(20)18-17)9-13(21-11)10-19-8-4-6-12-5-2-3-7-15(12)19/h2-3,5,7,9H,4,6,8,10,17H2,1H3,(H,18,20). The Balaban J connectivity index is 1.84. The number of fused-ring (bicyclic) bond motifs is 1. The van der Waals surface area contributed by atoms with E-state index in [4.69, 9.17) is 10.3 Å². The molecule has 3 N–H and O–H groups in total. The number of rotatable bonds is 3. The minimum absolute atomic E-state index is 0.318. The van der Waals surface area contributed by atoms with Crippen molar-refractivity contribution in [3.05, 3.63) is 53.0 Å². The topological polar surface area (TPSA) is 71.5 Å². The summed E-state index contributed by atoms with van der Waals surface area (Å²) >= 11 is 0. The van der Waals surface area contributed by atoms with E-state index in [1.165, 1.54) is 11.3 Å². The highest BCUT2D eigenvalue weighted by Crippen LogP contribution is 2.28. The molecule has 0 saturated carbocycles. The zero-order valence-electron chi connectivity index (χ0n) is 12.1. The average molecular weight is 285 g/mol. The van der Waals surface area contributed by atoms with Gasteiger partial charge in [0.1, 0.15) is 11.5 Å². The van der Waals surface area contributed by atoms with E-state index in [0.717, 1.165) is 25.1 Å². The molecule has 0 fully saturated rings. The second-order valence-electron chi connectivity index (χ2n) is 5.31. The molecule has 2 aromatic rings. The molecule has 2 heterocycles. The first-order chi connectivity index (χ1) is 10.2. The summed E-state index contributed by atoms with van der Waals surface area (Å²) in [4.78, 5) is 13.9. The van der Waals surface area contributed by atoms with Gasteiger partial charge in [-0.15, -0.1) is 0 Å². The van der Waals surface area contributed by atoms with Gasteiger partial charge >= 0.3 is 0 Å². The maximum atomic E-state index is 11.6. The van der Waals surface area contributed by atoms with E-state index in [9.17, 15) is 4.79 Å². The van der Waals surface area contributed by atoms with Gasteiger partial charge in [0.15, 0.2) is 0 Å². The predicted molar refractivity (Wildman–Crippen MR) is 80.9 cm³/mol. The van der Waals surface area contributed by atoms with E-state index in [1.54, 1.807) is 13.0 Å². The van der Waals surface area contributed by atoms with Gasteiger partial charge in [0.2, 0.25) is 0 Å². The first-order valence-corrected chi connectivity index (χ1v) is 7.12. The number of hydrogen-bond donors (Lipinski definition) is 2. The van der Waals surface area contributed by atoms with E-state index < -0.39 is 0 Å². The Kier molecular flexibility index (Phi) is 3.66. The largest absolute Gasteiger partial charge is 0.464 e.